The Hall–Kier alpha value is -2.68. The van der Waals surface area contributed by atoms with Crippen LogP contribution in [-0.2, 0) is 14.3 Å². The molecule has 7 nitrogen and oxygen atoms in total. The molecule has 1 atom stereocenters. The van der Waals surface area contributed by atoms with E-state index in [0.29, 0.717) is 25.1 Å². The minimum absolute atomic E-state index is 0.140. The number of ether oxygens (including phenoxy) is 3. The number of hydrogen-bond donors (Lipinski definition) is 1. The zero-order valence-electron chi connectivity index (χ0n) is 14.2. The summed E-state index contributed by atoms with van der Waals surface area (Å²) in [4.78, 5) is 24.5. The number of hydrogen-bond acceptors (Lipinski definition) is 5. The number of carbonyl (C=O) groups is 2. The third-order valence-corrected chi connectivity index (χ3v) is 3.76. The van der Waals surface area contributed by atoms with Crippen LogP contribution in [0.4, 0.5) is 8.78 Å². The van der Waals surface area contributed by atoms with Gasteiger partial charge in [-0.3, -0.25) is 9.59 Å². The summed E-state index contributed by atoms with van der Waals surface area (Å²) in [6.45, 7) is -2.42. The van der Waals surface area contributed by atoms with Gasteiger partial charge in [0.2, 0.25) is 11.8 Å². The molecule has 1 aliphatic heterocycles. The Kier molecular flexibility index (Phi) is 6.90. The second kappa shape index (κ2) is 9.14. The Morgan fingerprint density at radius 1 is 1.42 bits per heavy atom. The number of nitrogens with two attached hydrogens (primary N) is 1. The van der Waals surface area contributed by atoms with Crippen LogP contribution in [0, 0.1) is 0 Å². The third-order valence-electron chi connectivity index (χ3n) is 3.76. The lowest BCUT2D eigenvalue weighted by Gasteiger charge is -2.15. The van der Waals surface area contributed by atoms with Gasteiger partial charge in [-0.25, -0.2) is 0 Å². The van der Waals surface area contributed by atoms with E-state index in [0.717, 1.165) is 0 Å². The van der Waals surface area contributed by atoms with Crippen molar-refractivity contribution in [2.75, 3.05) is 26.8 Å². The molecule has 1 aromatic rings. The van der Waals surface area contributed by atoms with Crippen LogP contribution in [0.15, 0.2) is 24.3 Å². The Balaban J connectivity index is 2.03. The lowest BCUT2D eigenvalue weighted by molar-refractivity contribution is -0.126. The van der Waals surface area contributed by atoms with Gasteiger partial charge in [-0.2, -0.15) is 8.78 Å². The summed E-state index contributed by atoms with van der Waals surface area (Å²) in [5, 5.41) is 0. The fourth-order valence-electron chi connectivity index (χ4n) is 2.57. The van der Waals surface area contributed by atoms with Crippen LogP contribution < -0.4 is 15.2 Å². The van der Waals surface area contributed by atoms with Crippen LogP contribution in [0.3, 0.4) is 0 Å². The number of primary amides is 1. The lowest BCUT2D eigenvalue weighted by Crippen LogP contribution is -2.30. The molecule has 26 heavy (non-hydrogen) atoms. The predicted molar refractivity (Wildman–Crippen MR) is 88.8 cm³/mol. The normalized spacial score (nSPS) is 17.1. The molecule has 142 valence electrons. The number of halogens is 2. The highest BCUT2D eigenvalue weighted by molar-refractivity contribution is 5.92. The van der Waals surface area contributed by atoms with E-state index in [2.05, 4.69) is 4.74 Å². The maximum Gasteiger partial charge on any atom is 0.387 e. The van der Waals surface area contributed by atoms with Crippen molar-refractivity contribution < 1.29 is 32.6 Å². The van der Waals surface area contributed by atoms with Crippen LogP contribution in [0.2, 0.25) is 0 Å². The van der Waals surface area contributed by atoms with Crippen molar-refractivity contribution in [3.8, 4) is 11.5 Å². The topological polar surface area (TPSA) is 91.1 Å². The second-order valence-corrected chi connectivity index (χ2v) is 5.56. The summed E-state index contributed by atoms with van der Waals surface area (Å²) < 4.78 is 40.0. The molecule has 9 heteroatoms. The number of nitrogens with zero attached hydrogens (tertiary/aromatic N) is 1. The quantitative estimate of drug-likeness (QED) is 0.699. The average Bonchev–Trinajstić information content (AvgIpc) is 3.07. The summed E-state index contributed by atoms with van der Waals surface area (Å²) in [6, 6.07) is 4.62. The zero-order chi connectivity index (χ0) is 19.1. The number of benzene rings is 1. The van der Waals surface area contributed by atoms with E-state index in [1.807, 2.05) is 0 Å². The minimum atomic E-state index is -3.02. The van der Waals surface area contributed by atoms with Gasteiger partial charge >= 0.3 is 6.61 Å². The van der Waals surface area contributed by atoms with Crippen LogP contribution in [0.1, 0.15) is 12.0 Å². The standard InChI is InChI=1S/C17H20F2N2O5/c1-24-13-4-2-3-11(16(13)26-17(18)19)5-6-15(23)21-8-7-12(9-21)25-10-14(20)22/h2-6,12,17H,7-10H2,1H3,(H2,20,22)/b6-5+/t12-/m0/s1. The van der Waals surface area contributed by atoms with Crippen LogP contribution in [0.5, 0.6) is 11.5 Å². The Morgan fingerprint density at radius 3 is 2.85 bits per heavy atom. The maximum atomic E-state index is 12.6. The Bertz CT molecular complexity index is 681. The van der Waals surface area contributed by atoms with Crippen LogP contribution in [-0.4, -0.2) is 56.2 Å². The summed E-state index contributed by atoms with van der Waals surface area (Å²) in [7, 11) is 1.34. The Labute approximate surface area is 149 Å². The number of rotatable bonds is 8. The number of carbonyl (C=O) groups excluding carboxylic acids is 2. The van der Waals surface area contributed by atoms with Gasteiger partial charge in [0.15, 0.2) is 11.5 Å². The summed E-state index contributed by atoms with van der Waals surface area (Å²) in [6.07, 6.45) is 2.99. The molecule has 2 N–H and O–H groups in total. The molecule has 1 aliphatic rings. The average molecular weight is 370 g/mol. The lowest BCUT2D eigenvalue weighted by atomic mass is 10.1. The molecule has 0 unspecified atom stereocenters. The first-order valence-corrected chi connectivity index (χ1v) is 7.89. The van der Waals surface area contributed by atoms with Crippen LogP contribution in [0.25, 0.3) is 6.08 Å². The van der Waals surface area contributed by atoms with Crippen molar-refractivity contribution in [3.63, 3.8) is 0 Å². The smallest absolute Gasteiger partial charge is 0.387 e. The Morgan fingerprint density at radius 2 is 2.19 bits per heavy atom. The first-order valence-electron chi connectivity index (χ1n) is 7.89. The monoisotopic (exact) mass is 370 g/mol. The fraction of sp³-hybridized carbons (Fsp3) is 0.412. The first kappa shape index (κ1) is 19.6. The molecule has 1 heterocycles. The molecule has 1 fully saturated rings. The van der Waals surface area contributed by atoms with Crippen molar-refractivity contribution >= 4 is 17.9 Å². The van der Waals surface area contributed by atoms with E-state index >= 15 is 0 Å². The van der Waals surface area contributed by atoms with Gasteiger partial charge in [0.25, 0.3) is 0 Å². The van der Waals surface area contributed by atoms with E-state index in [1.165, 1.54) is 36.3 Å². The summed E-state index contributed by atoms with van der Waals surface area (Å²) >= 11 is 0. The van der Waals surface area contributed by atoms with E-state index in [9.17, 15) is 18.4 Å². The molecule has 1 saturated heterocycles. The molecule has 0 radical (unpaired) electrons. The van der Waals surface area contributed by atoms with Crippen molar-refractivity contribution in [2.24, 2.45) is 5.73 Å². The molecule has 2 rings (SSSR count). The van der Waals surface area contributed by atoms with Crippen molar-refractivity contribution in [2.45, 2.75) is 19.1 Å². The maximum absolute atomic E-state index is 12.6. The van der Waals surface area contributed by atoms with Gasteiger partial charge in [0.05, 0.1) is 13.2 Å². The molecule has 0 bridgehead atoms. The molecule has 1 aromatic carbocycles. The number of alkyl halides is 2. The largest absolute Gasteiger partial charge is 0.493 e. The van der Waals surface area contributed by atoms with Crippen molar-refractivity contribution in [3.05, 3.63) is 29.8 Å². The molecule has 0 aromatic heterocycles. The third kappa shape index (κ3) is 5.41. The SMILES string of the molecule is COc1cccc(/C=C/C(=O)N2CC[C@H](OCC(N)=O)C2)c1OC(F)F. The van der Waals surface area contributed by atoms with Gasteiger partial charge in [0, 0.05) is 24.7 Å². The van der Waals surface area contributed by atoms with Gasteiger partial charge < -0.3 is 24.8 Å². The molecule has 0 aliphatic carbocycles. The zero-order valence-corrected chi connectivity index (χ0v) is 14.2. The van der Waals surface area contributed by atoms with Gasteiger partial charge in [-0.15, -0.1) is 0 Å². The summed E-state index contributed by atoms with van der Waals surface area (Å²) in [5.41, 5.74) is 5.31. The van der Waals surface area contributed by atoms with Gasteiger partial charge in [0.1, 0.15) is 6.61 Å². The first-order chi connectivity index (χ1) is 12.4. The molecular weight excluding hydrogens is 350 g/mol. The molecule has 2 amide bonds. The predicted octanol–water partition coefficient (Wildman–Crippen LogP) is 1.41. The second-order valence-electron chi connectivity index (χ2n) is 5.56. The highest BCUT2D eigenvalue weighted by Gasteiger charge is 2.26. The fourth-order valence-corrected chi connectivity index (χ4v) is 2.57. The number of para-hydroxylation sites is 1. The number of methoxy groups -OCH3 is 1. The number of likely N-dealkylation sites (tertiary alicyclic amines) is 1. The summed E-state index contributed by atoms with van der Waals surface area (Å²) in [5.74, 6) is -0.876. The highest BCUT2D eigenvalue weighted by atomic mass is 19.3. The minimum Gasteiger partial charge on any atom is -0.493 e. The van der Waals surface area contributed by atoms with E-state index in [-0.39, 0.29) is 30.1 Å². The van der Waals surface area contributed by atoms with Crippen LogP contribution >= 0.6 is 0 Å². The van der Waals surface area contributed by atoms with E-state index < -0.39 is 12.5 Å². The molecular formula is C17H20F2N2O5. The van der Waals surface area contributed by atoms with Crippen molar-refractivity contribution in [1.82, 2.24) is 4.90 Å². The van der Waals surface area contributed by atoms with E-state index in [1.54, 1.807) is 6.07 Å². The number of amides is 2. The molecule has 0 saturated carbocycles. The van der Waals surface area contributed by atoms with Crippen molar-refractivity contribution in [1.29, 1.82) is 0 Å². The van der Waals surface area contributed by atoms with Gasteiger partial charge in [-0.1, -0.05) is 12.1 Å². The van der Waals surface area contributed by atoms with E-state index in [4.69, 9.17) is 15.2 Å². The van der Waals surface area contributed by atoms with Gasteiger partial charge in [-0.05, 0) is 18.6 Å². The highest BCUT2D eigenvalue weighted by Crippen LogP contribution is 2.33. The molecule has 0 spiro atoms.